The molecule has 0 bridgehead atoms. The van der Waals surface area contributed by atoms with Crippen LogP contribution in [0.4, 0.5) is 0 Å². The van der Waals surface area contributed by atoms with Gasteiger partial charge in [-0.1, -0.05) is 6.07 Å². The van der Waals surface area contributed by atoms with Gasteiger partial charge in [-0.05, 0) is 48.6 Å². The Balaban J connectivity index is 1.40. The van der Waals surface area contributed by atoms with Crippen LogP contribution in [0.15, 0.2) is 60.0 Å². The first kappa shape index (κ1) is 22.8. The van der Waals surface area contributed by atoms with Crippen molar-refractivity contribution in [2.24, 2.45) is 0 Å². The number of fused-ring (bicyclic) bond motifs is 1. The van der Waals surface area contributed by atoms with Crippen molar-refractivity contribution in [2.75, 3.05) is 32.6 Å². The smallest absolute Gasteiger partial charge is 0.254 e. The van der Waals surface area contributed by atoms with Crippen LogP contribution in [-0.4, -0.2) is 71.3 Å². The van der Waals surface area contributed by atoms with Gasteiger partial charge in [0.2, 0.25) is 5.95 Å². The normalized spacial score (nSPS) is 16.4. The standard InChI is InChI=1S/C26H25N5O4S/c1-36(33,34)24-16-31(23-13-19(4-5-21(23)24)25(32)30-8-10-35-11-9-30)26-28-14-20(15-29-26)22-12-18(6-7-27-22)17-2-3-17/h4-7,12-17H,2-3,8-11H2,1H3. The Morgan fingerprint density at radius 3 is 2.47 bits per heavy atom. The molecule has 4 heterocycles. The number of aromatic nitrogens is 4. The van der Waals surface area contributed by atoms with Crippen LogP contribution < -0.4 is 0 Å². The highest BCUT2D eigenvalue weighted by Gasteiger charge is 2.25. The molecule has 0 radical (unpaired) electrons. The number of ether oxygens (including phenoxy) is 1. The van der Waals surface area contributed by atoms with Gasteiger partial charge >= 0.3 is 0 Å². The molecule has 0 atom stereocenters. The summed E-state index contributed by atoms with van der Waals surface area (Å²) in [6.45, 7) is 2.04. The average Bonchev–Trinajstić information content (AvgIpc) is 3.68. The Bertz CT molecular complexity index is 1570. The molecule has 1 aromatic carbocycles. The van der Waals surface area contributed by atoms with E-state index in [1.165, 1.54) is 30.9 Å². The molecule has 36 heavy (non-hydrogen) atoms. The van der Waals surface area contributed by atoms with E-state index in [0.29, 0.717) is 54.6 Å². The molecule has 1 aliphatic carbocycles. The number of benzene rings is 1. The van der Waals surface area contributed by atoms with Crippen LogP contribution in [0.5, 0.6) is 0 Å². The number of hydrogen-bond donors (Lipinski definition) is 0. The van der Waals surface area contributed by atoms with Gasteiger partial charge in [-0.2, -0.15) is 0 Å². The second kappa shape index (κ2) is 8.79. The van der Waals surface area contributed by atoms with Crippen molar-refractivity contribution in [1.82, 2.24) is 24.4 Å². The third-order valence-corrected chi connectivity index (χ3v) is 7.82. The maximum atomic E-state index is 13.1. The summed E-state index contributed by atoms with van der Waals surface area (Å²) >= 11 is 0. The lowest BCUT2D eigenvalue weighted by Crippen LogP contribution is -2.40. The Kier molecular flexibility index (Phi) is 5.57. The minimum atomic E-state index is -3.53. The Morgan fingerprint density at radius 1 is 1.03 bits per heavy atom. The van der Waals surface area contributed by atoms with Gasteiger partial charge in [0, 0.05) is 60.6 Å². The number of sulfone groups is 1. The van der Waals surface area contributed by atoms with Crippen LogP contribution in [0.25, 0.3) is 28.1 Å². The quantitative estimate of drug-likeness (QED) is 0.411. The molecule has 1 saturated heterocycles. The molecule has 3 aromatic heterocycles. The van der Waals surface area contributed by atoms with Gasteiger partial charge in [0.15, 0.2) is 9.84 Å². The number of nitrogens with zero attached hydrogens (tertiary/aromatic N) is 5. The number of pyridine rings is 1. The average molecular weight is 504 g/mol. The summed E-state index contributed by atoms with van der Waals surface area (Å²) < 4.78 is 32.0. The molecule has 2 fully saturated rings. The third-order valence-electron chi connectivity index (χ3n) is 6.70. The first-order chi connectivity index (χ1) is 17.4. The SMILES string of the molecule is CS(=O)(=O)c1cn(-c2ncc(-c3cc(C4CC4)ccn3)cn2)c2cc(C(=O)N3CCOCC3)ccc12. The molecule has 10 heteroatoms. The van der Waals surface area contributed by atoms with Crippen molar-refractivity contribution in [2.45, 2.75) is 23.7 Å². The van der Waals surface area contributed by atoms with Crippen LogP contribution in [0, 0.1) is 0 Å². The first-order valence-corrected chi connectivity index (χ1v) is 13.8. The lowest BCUT2D eigenvalue weighted by Gasteiger charge is -2.26. The summed E-state index contributed by atoms with van der Waals surface area (Å²) in [6, 6.07) is 9.18. The minimum Gasteiger partial charge on any atom is -0.378 e. The van der Waals surface area contributed by atoms with E-state index in [-0.39, 0.29) is 10.8 Å². The molecule has 0 spiro atoms. The van der Waals surface area contributed by atoms with Gasteiger partial charge in [-0.25, -0.2) is 18.4 Å². The number of morpholine rings is 1. The molecule has 0 unspecified atom stereocenters. The maximum Gasteiger partial charge on any atom is 0.254 e. The summed E-state index contributed by atoms with van der Waals surface area (Å²) in [5, 5.41) is 0.516. The number of carbonyl (C=O) groups is 1. The van der Waals surface area contributed by atoms with Crippen molar-refractivity contribution in [3.8, 4) is 17.2 Å². The molecule has 1 saturated carbocycles. The third kappa shape index (κ3) is 4.27. The van der Waals surface area contributed by atoms with Crippen molar-refractivity contribution in [3.05, 3.63) is 66.2 Å². The van der Waals surface area contributed by atoms with Crippen molar-refractivity contribution in [3.63, 3.8) is 0 Å². The van der Waals surface area contributed by atoms with Crippen LogP contribution >= 0.6 is 0 Å². The van der Waals surface area contributed by atoms with E-state index < -0.39 is 9.84 Å². The molecule has 184 valence electrons. The second-order valence-corrected chi connectivity index (χ2v) is 11.3. The molecular weight excluding hydrogens is 478 g/mol. The number of hydrogen-bond acceptors (Lipinski definition) is 7. The van der Waals surface area contributed by atoms with E-state index in [1.807, 2.05) is 12.3 Å². The highest BCUT2D eigenvalue weighted by molar-refractivity contribution is 7.91. The van der Waals surface area contributed by atoms with Crippen LogP contribution in [-0.2, 0) is 14.6 Å². The van der Waals surface area contributed by atoms with Crippen LogP contribution in [0.1, 0.15) is 34.7 Å². The molecule has 0 N–H and O–H groups in total. The fourth-order valence-corrected chi connectivity index (χ4v) is 5.46. The molecule has 1 aliphatic heterocycles. The van der Waals surface area contributed by atoms with Gasteiger partial charge in [-0.3, -0.25) is 14.3 Å². The van der Waals surface area contributed by atoms with E-state index >= 15 is 0 Å². The Labute approximate surface area is 208 Å². The maximum absolute atomic E-state index is 13.1. The zero-order chi connectivity index (χ0) is 24.9. The van der Waals surface area contributed by atoms with Crippen LogP contribution in [0.3, 0.4) is 0 Å². The largest absolute Gasteiger partial charge is 0.378 e. The molecule has 6 rings (SSSR count). The number of amides is 1. The molecular formula is C26H25N5O4S. The highest BCUT2D eigenvalue weighted by Crippen LogP contribution is 2.40. The zero-order valence-corrected chi connectivity index (χ0v) is 20.6. The highest BCUT2D eigenvalue weighted by atomic mass is 32.2. The Morgan fingerprint density at radius 2 is 1.78 bits per heavy atom. The zero-order valence-electron chi connectivity index (χ0n) is 19.8. The van der Waals surface area contributed by atoms with Crippen LogP contribution in [0.2, 0.25) is 0 Å². The van der Waals surface area contributed by atoms with E-state index in [0.717, 1.165) is 11.3 Å². The van der Waals surface area contributed by atoms with E-state index in [1.54, 1.807) is 40.1 Å². The van der Waals surface area contributed by atoms with Gasteiger partial charge in [0.05, 0.1) is 29.3 Å². The molecule has 4 aromatic rings. The summed E-state index contributed by atoms with van der Waals surface area (Å²) in [5.41, 5.74) is 3.89. The predicted molar refractivity (Wildman–Crippen MR) is 134 cm³/mol. The fourth-order valence-electron chi connectivity index (χ4n) is 4.59. The summed E-state index contributed by atoms with van der Waals surface area (Å²) in [6.07, 6.45) is 10.3. The van der Waals surface area contributed by atoms with Gasteiger partial charge in [-0.15, -0.1) is 0 Å². The lowest BCUT2D eigenvalue weighted by molar-refractivity contribution is 0.0303. The first-order valence-electron chi connectivity index (χ1n) is 11.9. The molecule has 2 aliphatic rings. The van der Waals surface area contributed by atoms with Crippen molar-refractivity contribution >= 4 is 26.6 Å². The lowest BCUT2D eigenvalue weighted by atomic mass is 10.1. The van der Waals surface area contributed by atoms with Crippen molar-refractivity contribution in [1.29, 1.82) is 0 Å². The predicted octanol–water partition coefficient (Wildman–Crippen LogP) is 3.24. The number of carbonyl (C=O) groups excluding carboxylic acids is 1. The van der Waals surface area contributed by atoms with Gasteiger partial charge in [0.25, 0.3) is 5.91 Å². The Hall–Kier alpha value is -3.63. The van der Waals surface area contributed by atoms with E-state index in [2.05, 4.69) is 21.0 Å². The van der Waals surface area contributed by atoms with Gasteiger partial charge < -0.3 is 9.64 Å². The minimum absolute atomic E-state index is 0.119. The molecule has 9 nitrogen and oxygen atoms in total. The summed E-state index contributed by atoms with van der Waals surface area (Å²) in [4.78, 5) is 28.5. The van der Waals surface area contributed by atoms with E-state index in [9.17, 15) is 13.2 Å². The topological polar surface area (TPSA) is 107 Å². The second-order valence-electron chi connectivity index (χ2n) is 9.29. The number of rotatable bonds is 5. The van der Waals surface area contributed by atoms with E-state index in [4.69, 9.17) is 4.74 Å². The van der Waals surface area contributed by atoms with Gasteiger partial charge in [0.1, 0.15) is 0 Å². The van der Waals surface area contributed by atoms with Crippen molar-refractivity contribution < 1.29 is 17.9 Å². The summed E-state index contributed by atoms with van der Waals surface area (Å²) in [7, 11) is -3.53. The fraction of sp³-hybridized carbons (Fsp3) is 0.308. The monoisotopic (exact) mass is 503 g/mol. The molecule has 1 amide bonds. The summed E-state index contributed by atoms with van der Waals surface area (Å²) in [5.74, 6) is 0.807.